The number of rotatable bonds is 0. The van der Waals surface area contributed by atoms with Gasteiger partial charge in [0.1, 0.15) is 12.2 Å². The molecule has 0 aromatic carbocycles. The fraction of sp³-hybridized carbons (Fsp3) is 0.200. The normalized spacial score (nSPS) is 26.3. The fourth-order valence-corrected chi connectivity index (χ4v) is 1.55. The van der Waals surface area contributed by atoms with Crippen molar-refractivity contribution in [2.45, 2.75) is 0 Å². The van der Waals surface area contributed by atoms with Crippen LogP contribution in [0.25, 0.3) is 0 Å². The van der Waals surface area contributed by atoms with Gasteiger partial charge in [0.2, 0.25) is 0 Å². The number of quaternary nitrogens is 1. The standard InChI is InChI=1S/C5H7Br2N3O/c6-2-1-10(11)5(7)4(9)3(2)8/h10H,1,8-9H2. The van der Waals surface area contributed by atoms with E-state index in [4.69, 9.17) is 11.5 Å². The van der Waals surface area contributed by atoms with Crippen LogP contribution in [0.15, 0.2) is 20.5 Å². The highest BCUT2D eigenvalue weighted by atomic mass is 79.9. The van der Waals surface area contributed by atoms with Crippen LogP contribution in [-0.2, 0) is 0 Å². The first-order chi connectivity index (χ1) is 5.04. The van der Waals surface area contributed by atoms with E-state index < -0.39 is 0 Å². The van der Waals surface area contributed by atoms with Gasteiger partial charge in [-0.15, -0.1) is 0 Å². The van der Waals surface area contributed by atoms with Crippen molar-refractivity contribution in [3.05, 3.63) is 25.7 Å². The number of hydrogen-bond acceptors (Lipinski definition) is 3. The maximum absolute atomic E-state index is 11.1. The predicted molar refractivity (Wildman–Crippen MR) is 49.5 cm³/mol. The number of halogens is 2. The Hall–Kier alpha value is -0.0400. The molecule has 0 fully saturated rings. The van der Waals surface area contributed by atoms with Crippen molar-refractivity contribution in [3.8, 4) is 0 Å². The van der Waals surface area contributed by atoms with Crippen molar-refractivity contribution in [1.29, 1.82) is 0 Å². The van der Waals surface area contributed by atoms with Crippen LogP contribution in [-0.4, -0.2) is 6.54 Å². The summed E-state index contributed by atoms with van der Waals surface area (Å²) in [5.41, 5.74) is 11.8. The molecule has 0 bridgehead atoms. The molecule has 0 aromatic rings. The highest BCUT2D eigenvalue weighted by molar-refractivity contribution is 9.12. The van der Waals surface area contributed by atoms with Gasteiger partial charge in [0.05, 0.1) is 10.2 Å². The summed E-state index contributed by atoms with van der Waals surface area (Å²) in [6.45, 7) is 0.285. The Morgan fingerprint density at radius 2 is 1.82 bits per heavy atom. The summed E-state index contributed by atoms with van der Waals surface area (Å²) in [5, 5.41) is 11.0. The zero-order valence-electron chi connectivity index (χ0n) is 5.53. The van der Waals surface area contributed by atoms with Crippen molar-refractivity contribution in [2.75, 3.05) is 6.54 Å². The minimum Gasteiger partial charge on any atom is -0.628 e. The molecule has 0 saturated heterocycles. The van der Waals surface area contributed by atoms with Crippen molar-refractivity contribution >= 4 is 31.9 Å². The largest absolute Gasteiger partial charge is 0.628 e. The molecule has 1 aliphatic rings. The third kappa shape index (κ3) is 1.58. The third-order valence-corrected chi connectivity index (χ3v) is 2.96. The molecule has 11 heavy (non-hydrogen) atoms. The Bertz CT molecular complexity index is 248. The molecule has 0 spiro atoms. The highest BCUT2D eigenvalue weighted by Gasteiger charge is 2.20. The second-order valence-electron chi connectivity index (χ2n) is 2.15. The summed E-state index contributed by atoms with van der Waals surface area (Å²) in [6, 6.07) is 0. The summed E-state index contributed by atoms with van der Waals surface area (Å²) >= 11 is 6.22. The van der Waals surface area contributed by atoms with E-state index >= 15 is 0 Å². The van der Waals surface area contributed by atoms with E-state index in [2.05, 4.69) is 31.9 Å². The molecule has 5 N–H and O–H groups in total. The van der Waals surface area contributed by atoms with Crippen LogP contribution >= 0.6 is 31.9 Å². The molecule has 0 aliphatic carbocycles. The maximum Gasteiger partial charge on any atom is 0.199 e. The zero-order valence-corrected chi connectivity index (χ0v) is 8.70. The lowest BCUT2D eigenvalue weighted by molar-refractivity contribution is -0.790. The minimum atomic E-state index is -0.0522. The lowest BCUT2D eigenvalue weighted by Crippen LogP contribution is -3.05. The first kappa shape index (κ1) is 9.05. The number of nitrogens with two attached hydrogens (primary N) is 2. The second-order valence-corrected chi connectivity index (χ2v) is 3.90. The molecule has 6 heteroatoms. The van der Waals surface area contributed by atoms with Crippen LogP contribution in [0.2, 0.25) is 0 Å². The Morgan fingerprint density at radius 1 is 1.27 bits per heavy atom. The highest BCUT2D eigenvalue weighted by Crippen LogP contribution is 2.17. The lowest BCUT2D eigenvalue weighted by Gasteiger charge is -2.26. The summed E-state index contributed by atoms with van der Waals surface area (Å²) in [5.74, 6) is 0. The zero-order chi connectivity index (χ0) is 8.59. The Kier molecular flexibility index (Phi) is 2.58. The van der Waals surface area contributed by atoms with Crippen molar-refractivity contribution < 1.29 is 5.06 Å². The molecule has 0 saturated carbocycles. The SMILES string of the molecule is NC1=C(Br)C[NH+]([O-])C(Br)=C1N. The molecule has 1 rings (SSSR count). The monoisotopic (exact) mass is 283 g/mol. The van der Waals surface area contributed by atoms with Gasteiger partial charge in [-0.2, -0.15) is 0 Å². The molecular weight excluding hydrogens is 278 g/mol. The van der Waals surface area contributed by atoms with E-state index in [1.54, 1.807) is 0 Å². The van der Waals surface area contributed by atoms with Gasteiger partial charge < -0.3 is 21.7 Å². The van der Waals surface area contributed by atoms with E-state index in [-0.39, 0.29) is 11.6 Å². The molecule has 0 aromatic heterocycles. The molecule has 1 unspecified atom stereocenters. The third-order valence-electron chi connectivity index (χ3n) is 1.38. The van der Waals surface area contributed by atoms with Crippen LogP contribution in [0, 0.1) is 5.21 Å². The lowest BCUT2D eigenvalue weighted by atomic mass is 10.3. The number of hydroxylamine groups is 2. The molecule has 0 radical (unpaired) electrons. The van der Waals surface area contributed by atoms with E-state index in [0.29, 0.717) is 20.5 Å². The van der Waals surface area contributed by atoms with E-state index in [9.17, 15) is 5.21 Å². The first-order valence-corrected chi connectivity index (χ1v) is 4.45. The molecule has 4 nitrogen and oxygen atoms in total. The molecule has 1 heterocycles. The van der Waals surface area contributed by atoms with Crippen molar-refractivity contribution in [2.24, 2.45) is 11.5 Å². The summed E-state index contributed by atoms with van der Waals surface area (Å²) in [7, 11) is 0. The van der Waals surface area contributed by atoms with E-state index in [1.807, 2.05) is 0 Å². The predicted octanol–water partition coefficient (Wildman–Crippen LogP) is -0.529. The first-order valence-electron chi connectivity index (χ1n) is 2.87. The Balaban J connectivity index is 3.07. The van der Waals surface area contributed by atoms with Crippen LogP contribution in [0.1, 0.15) is 0 Å². The van der Waals surface area contributed by atoms with E-state index in [0.717, 1.165) is 0 Å². The molecule has 62 valence electrons. The number of nitrogens with one attached hydrogen (secondary N) is 1. The van der Waals surface area contributed by atoms with E-state index in [1.165, 1.54) is 0 Å². The minimum absolute atomic E-state index is 0.0522. The van der Waals surface area contributed by atoms with Gasteiger partial charge in [-0.1, -0.05) is 0 Å². The smallest absolute Gasteiger partial charge is 0.199 e. The summed E-state index contributed by atoms with van der Waals surface area (Å²) in [4.78, 5) is 0. The van der Waals surface area contributed by atoms with Gasteiger partial charge in [-0.05, 0) is 15.9 Å². The Labute approximate surface area is 80.7 Å². The number of hydrogen-bond donors (Lipinski definition) is 3. The summed E-state index contributed by atoms with van der Waals surface area (Å²) < 4.78 is 1.03. The molecular formula is C5H7Br2N3O. The van der Waals surface area contributed by atoms with Gasteiger partial charge in [-0.3, -0.25) is 0 Å². The van der Waals surface area contributed by atoms with Crippen molar-refractivity contribution in [1.82, 2.24) is 0 Å². The fourth-order valence-electron chi connectivity index (χ4n) is 0.728. The van der Waals surface area contributed by atoms with Gasteiger partial charge in [0.25, 0.3) is 0 Å². The molecule has 1 atom stereocenters. The average molecular weight is 285 g/mol. The van der Waals surface area contributed by atoms with Crippen molar-refractivity contribution in [3.63, 3.8) is 0 Å². The topological polar surface area (TPSA) is 79.5 Å². The summed E-state index contributed by atoms with van der Waals surface area (Å²) in [6.07, 6.45) is 0. The van der Waals surface area contributed by atoms with Crippen LogP contribution in [0.5, 0.6) is 0 Å². The van der Waals surface area contributed by atoms with Crippen LogP contribution in [0.4, 0.5) is 0 Å². The van der Waals surface area contributed by atoms with Gasteiger partial charge in [0.15, 0.2) is 4.61 Å². The molecule has 0 amide bonds. The molecule has 1 aliphatic heterocycles. The quantitative estimate of drug-likeness (QED) is 0.413. The van der Waals surface area contributed by atoms with Crippen LogP contribution in [0.3, 0.4) is 0 Å². The second kappa shape index (κ2) is 3.14. The van der Waals surface area contributed by atoms with Gasteiger partial charge in [0, 0.05) is 15.9 Å². The van der Waals surface area contributed by atoms with Gasteiger partial charge >= 0.3 is 0 Å². The Morgan fingerprint density at radius 3 is 2.36 bits per heavy atom. The van der Waals surface area contributed by atoms with Gasteiger partial charge in [-0.25, -0.2) is 0 Å². The maximum atomic E-state index is 11.1. The average Bonchev–Trinajstić information content (AvgIpc) is 1.97. The van der Waals surface area contributed by atoms with Crippen LogP contribution < -0.4 is 16.5 Å².